The van der Waals surface area contributed by atoms with Gasteiger partial charge >= 0.3 is 0 Å². The van der Waals surface area contributed by atoms with Gasteiger partial charge < -0.3 is 15.0 Å². The smallest absolute Gasteiger partial charge is 0.128 e. The van der Waals surface area contributed by atoms with Crippen LogP contribution in [0, 0.1) is 0 Å². The van der Waals surface area contributed by atoms with E-state index in [1.54, 1.807) is 6.20 Å². The van der Waals surface area contributed by atoms with Gasteiger partial charge in [0.25, 0.3) is 0 Å². The number of hydrogen-bond donors (Lipinski definition) is 1. The standard InChI is InChI=1S/C17H21BrN4O/c1-12-10-22(11-13(2)23-12)17-6-3-14(8-21-17)7-19-16-5-4-15(18)9-20-16/h3-6,8-9,12-13H,7,10-11H2,1-2H3,(H,19,20). The minimum Gasteiger partial charge on any atom is -0.372 e. The molecule has 0 aromatic carbocycles. The molecule has 2 aromatic heterocycles. The monoisotopic (exact) mass is 376 g/mol. The molecule has 0 radical (unpaired) electrons. The number of anilines is 2. The highest BCUT2D eigenvalue weighted by Gasteiger charge is 2.22. The van der Waals surface area contributed by atoms with E-state index in [1.165, 1.54) is 0 Å². The summed E-state index contributed by atoms with van der Waals surface area (Å²) in [5.74, 6) is 1.87. The lowest BCUT2D eigenvalue weighted by Crippen LogP contribution is -2.45. The van der Waals surface area contributed by atoms with E-state index in [1.807, 2.05) is 18.3 Å². The van der Waals surface area contributed by atoms with E-state index in [2.05, 4.69) is 62.1 Å². The van der Waals surface area contributed by atoms with Crippen molar-refractivity contribution in [3.05, 3.63) is 46.7 Å². The van der Waals surface area contributed by atoms with E-state index < -0.39 is 0 Å². The Morgan fingerprint density at radius 2 is 1.91 bits per heavy atom. The van der Waals surface area contributed by atoms with Gasteiger partial charge in [0, 0.05) is 36.5 Å². The van der Waals surface area contributed by atoms with Crippen LogP contribution in [0.25, 0.3) is 0 Å². The summed E-state index contributed by atoms with van der Waals surface area (Å²) in [6.07, 6.45) is 4.19. The van der Waals surface area contributed by atoms with E-state index in [0.29, 0.717) is 6.54 Å². The second-order valence-corrected chi connectivity index (χ2v) is 6.82. The maximum Gasteiger partial charge on any atom is 0.128 e. The number of halogens is 1. The van der Waals surface area contributed by atoms with Crippen molar-refractivity contribution in [2.24, 2.45) is 0 Å². The van der Waals surface area contributed by atoms with Crippen molar-refractivity contribution >= 4 is 27.6 Å². The number of pyridine rings is 2. The van der Waals surface area contributed by atoms with Crippen molar-refractivity contribution in [3.8, 4) is 0 Å². The Kier molecular flexibility index (Phi) is 5.13. The largest absolute Gasteiger partial charge is 0.372 e. The Hall–Kier alpha value is -1.66. The summed E-state index contributed by atoms with van der Waals surface area (Å²) >= 11 is 3.38. The highest BCUT2D eigenvalue weighted by atomic mass is 79.9. The second kappa shape index (κ2) is 7.27. The van der Waals surface area contributed by atoms with Gasteiger partial charge in [-0.05, 0) is 53.5 Å². The first-order chi connectivity index (χ1) is 11.1. The van der Waals surface area contributed by atoms with Crippen LogP contribution in [-0.2, 0) is 11.3 Å². The van der Waals surface area contributed by atoms with Gasteiger partial charge in [-0.15, -0.1) is 0 Å². The Labute approximate surface area is 145 Å². The predicted octanol–water partition coefficient (Wildman–Crippen LogP) is 3.46. The zero-order valence-electron chi connectivity index (χ0n) is 13.4. The van der Waals surface area contributed by atoms with Crippen molar-refractivity contribution in [2.75, 3.05) is 23.3 Å². The van der Waals surface area contributed by atoms with Gasteiger partial charge in [-0.1, -0.05) is 6.07 Å². The summed E-state index contributed by atoms with van der Waals surface area (Å²) in [7, 11) is 0. The lowest BCUT2D eigenvalue weighted by Gasteiger charge is -2.36. The minimum absolute atomic E-state index is 0.241. The van der Waals surface area contributed by atoms with E-state index in [4.69, 9.17) is 4.74 Å². The number of aromatic nitrogens is 2. The molecule has 0 amide bonds. The van der Waals surface area contributed by atoms with Crippen molar-refractivity contribution in [1.82, 2.24) is 9.97 Å². The normalized spacial score (nSPS) is 21.3. The fourth-order valence-corrected chi connectivity index (χ4v) is 2.98. The van der Waals surface area contributed by atoms with Crippen LogP contribution < -0.4 is 10.2 Å². The average Bonchev–Trinajstić information content (AvgIpc) is 2.54. The summed E-state index contributed by atoms with van der Waals surface area (Å²) in [5.41, 5.74) is 1.13. The molecule has 23 heavy (non-hydrogen) atoms. The number of ether oxygens (including phenoxy) is 1. The summed E-state index contributed by atoms with van der Waals surface area (Å²) in [6, 6.07) is 8.11. The van der Waals surface area contributed by atoms with Gasteiger partial charge in [-0.3, -0.25) is 0 Å². The summed E-state index contributed by atoms with van der Waals surface area (Å²) < 4.78 is 6.74. The maximum absolute atomic E-state index is 5.77. The molecule has 1 aliphatic rings. The maximum atomic E-state index is 5.77. The van der Waals surface area contributed by atoms with Gasteiger partial charge in [0.15, 0.2) is 0 Å². The molecule has 1 aliphatic heterocycles. The van der Waals surface area contributed by atoms with Crippen molar-refractivity contribution < 1.29 is 4.74 Å². The Morgan fingerprint density at radius 1 is 1.13 bits per heavy atom. The third-order valence-corrected chi connectivity index (χ3v) is 4.22. The lowest BCUT2D eigenvalue weighted by molar-refractivity contribution is -0.00545. The van der Waals surface area contributed by atoms with E-state index in [9.17, 15) is 0 Å². The molecular weight excluding hydrogens is 356 g/mol. The highest BCUT2D eigenvalue weighted by molar-refractivity contribution is 9.10. The number of rotatable bonds is 4. The quantitative estimate of drug-likeness (QED) is 0.885. The van der Waals surface area contributed by atoms with Gasteiger partial charge in [-0.2, -0.15) is 0 Å². The first kappa shape index (κ1) is 16.2. The molecule has 2 unspecified atom stereocenters. The van der Waals surface area contributed by atoms with Gasteiger partial charge in [-0.25, -0.2) is 9.97 Å². The molecule has 0 spiro atoms. The van der Waals surface area contributed by atoms with Gasteiger partial charge in [0.1, 0.15) is 11.6 Å². The van der Waals surface area contributed by atoms with Crippen molar-refractivity contribution in [1.29, 1.82) is 0 Å². The number of nitrogens with one attached hydrogen (secondary N) is 1. The third kappa shape index (κ3) is 4.42. The first-order valence-electron chi connectivity index (χ1n) is 7.81. The molecule has 2 aromatic rings. The molecule has 3 rings (SSSR count). The molecule has 0 aliphatic carbocycles. The molecule has 122 valence electrons. The second-order valence-electron chi connectivity index (χ2n) is 5.90. The Balaban J connectivity index is 1.59. The topological polar surface area (TPSA) is 50.3 Å². The minimum atomic E-state index is 0.241. The van der Waals surface area contributed by atoms with Crippen LogP contribution >= 0.6 is 15.9 Å². The summed E-state index contributed by atoms with van der Waals surface area (Å²) in [5, 5.41) is 3.30. The van der Waals surface area contributed by atoms with E-state index in [-0.39, 0.29) is 12.2 Å². The number of morpholine rings is 1. The molecule has 0 saturated carbocycles. The molecule has 1 N–H and O–H groups in total. The lowest BCUT2D eigenvalue weighted by atomic mass is 10.2. The molecule has 1 fully saturated rings. The molecule has 6 heteroatoms. The van der Waals surface area contributed by atoms with Crippen LogP contribution in [-0.4, -0.2) is 35.3 Å². The Morgan fingerprint density at radius 3 is 2.52 bits per heavy atom. The van der Waals surface area contributed by atoms with Gasteiger partial charge in [0.05, 0.1) is 12.2 Å². The zero-order valence-corrected chi connectivity index (χ0v) is 15.0. The fourth-order valence-electron chi connectivity index (χ4n) is 2.75. The number of hydrogen-bond acceptors (Lipinski definition) is 5. The fraction of sp³-hybridized carbons (Fsp3) is 0.412. The van der Waals surface area contributed by atoms with Crippen LogP contribution in [0.1, 0.15) is 19.4 Å². The zero-order chi connectivity index (χ0) is 16.2. The van der Waals surface area contributed by atoms with Crippen LogP contribution in [0.4, 0.5) is 11.6 Å². The number of nitrogens with zero attached hydrogens (tertiary/aromatic N) is 3. The molecule has 1 saturated heterocycles. The summed E-state index contributed by atoms with van der Waals surface area (Å²) in [6.45, 7) is 6.69. The highest BCUT2D eigenvalue weighted by Crippen LogP contribution is 2.19. The predicted molar refractivity (Wildman–Crippen MR) is 95.7 cm³/mol. The Bertz CT molecular complexity index is 622. The molecule has 5 nitrogen and oxygen atoms in total. The van der Waals surface area contributed by atoms with Crippen molar-refractivity contribution in [2.45, 2.75) is 32.6 Å². The third-order valence-electron chi connectivity index (χ3n) is 3.75. The molecular formula is C17H21BrN4O. The molecule has 2 atom stereocenters. The SMILES string of the molecule is CC1CN(c2ccc(CNc3ccc(Br)cn3)cn2)CC(C)O1. The van der Waals surface area contributed by atoms with Crippen LogP contribution in [0.3, 0.4) is 0 Å². The van der Waals surface area contributed by atoms with Crippen LogP contribution in [0.5, 0.6) is 0 Å². The average molecular weight is 377 g/mol. The molecule has 0 bridgehead atoms. The molecule has 3 heterocycles. The first-order valence-corrected chi connectivity index (χ1v) is 8.60. The van der Waals surface area contributed by atoms with E-state index >= 15 is 0 Å². The van der Waals surface area contributed by atoms with Crippen LogP contribution in [0.15, 0.2) is 41.1 Å². The van der Waals surface area contributed by atoms with Gasteiger partial charge in [0.2, 0.25) is 0 Å². The summed E-state index contributed by atoms with van der Waals surface area (Å²) in [4.78, 5) is 11.2. The van der Waals surface area contributed by atoms with Crippen molar-refractivity contribution in [3.63, 3.8) is 0 Å². The van der Waals surface area contributed by atoms with E-state index in [0.717, 1.165) is 34.8 Å². The van der Waals surface area contributed by atoms with Crippen LogP contribution in [0.2, 0.25) is 0 Å².